The number of aromatic nitrogens is 1. The number of rotatable bonds is 3. The van der Waals surface area contributed by atoms with Crippen molar-refractivity contribution >= 4 is 5.91 Å². The molecule has 0 saturated carbocycles. The molecule has 0 N–H and O–H groups in total. The molecule has 0 aromatic carbocycles. The lowest BCUT2D eigenvalue weighted by Gasteiger charge is -2.35. The molecule has 1 fully saturated rings. The Balaban J connectivity index is 1.98. The molecule has 4 heteroatoms. The minimum atomic E-state index is 0.185. The first-order valence-electron chi connectivity index (χ1n) is 6.42. The van der Waals surface area contributed by atoms with Crippen LogP contribution in [0.15, 0.2) is 10.6 Å². The summed E-state index contributed by atoms with van der Waals surface area (Å²) >= 11 is 0. The van der Waals surface area contributed by atoms with E-state index >= 15 is 0 Å². The highest BCUT2D eigenvalue weighted by molar-refractivity contribution is 5.78. The van der Waals surface area contributed by atoms with Crippen molar-refractivity contribution in [2.24, 2.45) is 0 Å². The number of nitrogens with zero attached hydrogens (tertiary/aromatic N) is 2. The molecule has 2 rings (SSSR count). The number of amides is 1. The van der Waals surface area contributed by atoms with E-state index < -0.39 is 0 Å². The molecule has 1 aliphatic rings. The van der Waals surface area contributed by atoms with E-state index in [9.17, 15) is 4.79 Å². The van der Waals surface area contributed by atoms with Gasteiger partial charge < -0.3 is 9.42 Å². The monoisotopic (exact) mass is 236 g/mol. The summed E-state index contributed by atoms with van der Waals surface area (Å²) in [6.07, 6.45) is 4.92. The zero-order valence-electron chi connectivity index (χ0n) is 10.6. The van der Waals surface area contributed by atoms with Gasteiger partial charge in [-0.05, 0) is 32.6 Å². The predicted molar refractivity (Wildman–Crippen MR) is 64.6 cm³/mol. The maximum absolute atomic E-state index is 12.2. The average Bonchev–Trinajstić information content (AvgIpc) is 2.74. The number of hydrogen-bond donors (Lipinski definition) is 0. The van der Waals surface area contributed by atoms with Crippen LogP contribution in [0.4, 0.5) is 0 Å². The fourth-order valence-corrected chi connectivity index (χ4v) is 2.51. The van der Waals surface area contributed by atoms with Gasteiger partial charge >= 0.3 is 0 Å². The molecule has 1 saturated heterocycles. The van der Waals surface area contributed by atoms with E-state index in [-0.39, 0.29) is 5.91 Å². The van der Waals surface area contributed by atoms with E-state index in [1.807, 2.05) is 17.9 Å². The zero-order chi connectivity index (χ0) is 12.3. The third kappa shape index (κ3) is 2.87. The van der Waals surface area contributed by atoms with E-state index in [0.717, 1.165) is 37.3 Å². The van der Waals surface area contributed by atoms with Gasteiger partial charge in [-0.2, -0.15) is 0 Å². The SMILES string of the molecule is CCC1CCCCN1C(=O)Cc1cc(C)on1. The van der Waals surface area contributed by atoms with Crippen LogP contribution in [-0.4, -0.2) is 28.6 Å². The van der Waals surface area contributed by atoms with E-state index in [0.29, 0.717) is 12.5 Å². The molecule has 1 aliphatic heterocycles. The summed E-state index contributed by atoms with van der Waals surface area (Å²) in [5.74, 6) is 0.948. The van der Waals surface area contributed by atoms with Gasteiger partial charge in [-0.1, -0.05) is 12.1 Å². The van der Waals surface area contributed by atoms with E-state index in [1.165, 1.54) is 6.42 Å². The van der Waals surface area contributed by atoms with Crippen LogP contribution in [0.5, 0.6) is 0 Å². The minimum Gasteiger partial charge on any atom is -0.361 e. The quantitative estimate of drug-likeness (QED) is 0.809. The van der Waals surface area contributed by atoms with Gasteiger partial charge in [0.2, 0.25) is 5.91 Å². The summed E-state index contributed by atoms with van der Waals surface area (Å²) in [5.41, 5.74) is 0.743. The number of carbonyl (C=O) groups is 1. The van der Waals surface area contributed by atoms with Crippen LogP contribution < -0.4 is 0 Å². The molecule has 0 bridgehead atoms. The summed E-state index contributed by atoms with van der Waals surface area (Å²) in [6, 6.07) is 2.26. The summed E-state index contributed by atoms with van der Waals surface area (Å²) in [4.78, 5) is 14.2. The van der Waals surface area contributed by atoms with Gasteiger partial charge in [0.05, 0.1) is 12.1 Å². The molecular weight excluding hydrogens is 216 g/mol. The second kappa shape index (κ2) is 5.34. The topological polar surface area (TPSA) is 46.3 Å². The highest BCUT2D eigenvalue weighted by Gasteiger charge is 2.25. The van der Waals surface area contributed by atoms with Crippen molar-refractivity contribution in [3.8, 4) is 0 Å². The summed E-state index contributed by atoms with van der Waals surface area (Å²) < 4.78 is 4.99. The van der Waals surface area contributed by atoms with Gasteiger partial charge in [-0.25, -0.2) is 0 Å². The molecule has 1 unspecified atom stereocenters. The highest BCUT2D eigenvalue weighted by Crippen LogP contribution is 2.20. The number of carbonyl (C=O) groups excluding carboxylic acids is 1. The number of aryl methyl sites for hydroxylation is 1. The maximum Gasteiger partial charge on any atom is 0.228 e. The summed E-state index contributed by atoms with van der Waals surface area (Å²) in [5, 5.41) is 3.88. The van der Waals surface area contributed by atoms with Crippen molar-refractivity contribution in [2.75, 3.05) is 6.54 Å². The zero-order valence-corrected chi connectivity index (χ0v) is 10.6. The van der Waals surface area contributed by atoms with Crippen molar-refractivity contribution in [2.45, 2.75) is 52.0 Å². The first-order valence-corrected chi connectivity index (χ1v) is 6.42. The van der Waals surface area contributed by atoms with Gasteiger partial charge in [0.1, 0.15) is 5.76 Å². The maximum atomic E-state index is 12.2. The Morgan fingerprint density at radius 2 is 2.41 bits per heavy atom. The fraction of sp³-hybridized carbons (Fsp3) is 0.692. The van der Waals surface area contributed by atoms with Gasteiger partial charge in [-0.15, -0.1) is 0 Å². The first kappa shape index (κ1) is 12.1. The normalized spacial score (nSPS) is 20.6. The van der Waals surface area contributed by atoms with Gasteiger partial charge in [0, 0.05) is 18.7 Å². The molecule has 1 aromatic rings. The molecule has 94 valence electrons. The van der Waals surface area contributed by atoms with Crippen LogP contribution in [0.25, 0.3) is 0 Å². The molecule has 1 amide bonds. The first-order chi connectivity index (χ1) is 8.20. The third-order valence-electron chi connectivity index (χ3n) is 3.43. The molecular formula is C13H20N2O2. The molecule has 1 atom stereocenters. The number of hydrogen-bond acceptors (Lipinski definition) is 3. The van der Waals surface area contributed by atoms with Crippen LogP contribution in [-0.2, 0) is 11.2 Å². The Morgan fingerprint density at radius 1 is 1.59 bits per heavy atom. The second-order valence-electron chi connectivity index (χ2n) is 4.75. The molecule has 1 aromatic heterocycles. The van der Waals surface area contributed by atoms with E-state index in [1.54, 1.807) is 0 Å². The lowest BCUT2D eigenvalue weighted by molar-refractivity contribution is -0.134. The van der Waals surface area contributed by atoms with Crippen molar-refractivity contribution in [1.29, 1.82) is 0 Å². The molecule has 17 heavy (non-hydrogen) atoms. The van der Waals surface area contributed by atoms with Gasteiger partial charge in [0.15, 0.2) is 0 Å². The lowest BCUT2D eigenvalue weighted by Crippen LogP contribution is -2.44. The largest absolute Gasteiger partial charge is 0.361 e. The van der Waals surface area contributed by atoms with Crippen molar-refractivity contribution < 1.29 is 9.32 Å². The molecule has 0 radical (unpaired) electrons. The van der Waals surface area contributed by atoms with Crippen molar-refractivity contribution in [1.82, 2.24) is 10.1 Å². The number of likely N-dealkylation sites (tertiary alicyclic amines) is 1. The molecule has 4 nitrogen and oxygen atoms in total. The number of piperidine rings is 1. The molecule has 0 spiro atoms. The Bertz CT molecular complexity index is 387. The highest BCUT2D eigenvalue weighted by atomic mass is 16.5. The third-order valence-corrected chi connectivity index (χ3v) is 3.43. The smallest absolute Gasteiger partial charge is 0.228 e. The summed E-state index contributed by atoms with van der Waals surface area (Å²) in [7, 11) is 0. The van der Waals surface area contributed by atoms with Crippen LogP contribution in [0.1, 0.15) is 44.1 Å². The van der Waals surface area contributed by atoms with Crippen LogP contribution in [0.3, 0.4) is 0 Å². The van der Waals surface area contributed by atoms with E-state index in [2.05, 4.69) is 12.1 Å². The second-order valence-corrected chi connectivity index (χ2v) is 4.75. The van der Waals surface area contributed by atoms with Crippen LogP contribution >= 0.6 is 0 Å². The van der Waals surface area contributed by atoms with Crippen LogP contribution in [0.2, 0.25) is 0 Å². The minimum absolute atomic E-state index is 0.185. The Morgan fingerprint density at radius 3 is 3.06 bits per heavy atom. The van der Waals surface area contributed by atoms with Gasteiger partial charge in [-0.3, -0.25) is 4.79 Å². The Hall–Kier alpha value is -1.32. The van der Waals surface area contributed by atoms with Crippen LogP contribution in [0, 0.1) is 6.92 Å². The Labute approximate surface area is 102 Å². The van der Waals surface area contributed by atoms with Gasteiger partial charge in [0.25, 0.3) is 0 Å². The summed E-state index contributed by atoms with van der Waals surface area (Å²) in [6.45, 7) is 4.89. The van der Waals surface area contributed by atoms with Crippen molar-refractivity contribution in [3.05, 3.63) is 17.5 Å². The lowest BCUT2D eigenvalue weighted by atomic mass is 9.99. The predicted octanol–water partition coefficient (Wildman–Crippen LogP) is 2.32. The molecule has 2 heterocycles. The Kier molecular flexibility index (Phi) is 3.82. The van der Waals surface area contributed by atoms with Crippen molar-refractivity contribution in [3.63, 3.8) is 0 Å². The molecule has 0 aliphatic carbocycles. The van der Waals surface area contributed by atoms with E-state index in [4.69, 9.17) is 4.52 Å². The standard InChI is InChI=1S/C13H20N2O2/c1-3-12-6-4-5-7-15(12)13(16)9-11-8-10(2)17-14-11/h8,12H,3-7,9H2,1-2H3. The average molecular weight is 236 g/mol. The fourth-order valence-electron chi connectivity index (χ4n) is 2.51.